The fourth-order valence-electron chi connectivity index (χ4n) is 5.67. The molecule has 0 bridgehead atoms. The molecule has 6 rings (SSSR count). The van der Waals surface area contributed by atoms with Crippen molar-refractivity contribution < 1.29 is 19.4 Å². The Morgan fingerprint density at radius 3 is 2.72 bits per heavy atom. The second-order valence-electron chi connectivity index (χ2n) is 9.98. The second-order valence-corrected chi connectivity index (χ2v) is 9.98. The smallest absolute Gasteiger partial charge is 0.338 e. The number of aromatic nitrogens is 5. The van der Waals surface area contributed by atoms with Gasteiger partial charge in [0.15, 0.2) is 0 Å². The molecule has 1 atom stereocenters. The second kappa shape index (κ2) is 8.75. The molecule has 0 saturated carbocycles. The standard InChI is InChI=1S/C25H27N7O4/c1-16-18(3-4-19-20(16)13-36-24(19)35)21(33)12-30-8-6-25(7-9-30)10-23(34)31(14-25)22-5-2-17(11-26-22)32-15-27-28-29-32/h2-5,11,15,21,33H,6-10,12-14H2,1H3/t21-/m0/s1. The van der Waals surface area contributed by atoms with Crippen molar-refractivity contribution in [2.45, 2.75) is 38.9 Å². The van der Waals surface area contributed by atoms with Crippen molar-refractivity contribution in [3.8, 4) is 5.69 Å². The number of benzene rings is 1. The van der Waals surface area contributed by atoms with Gasteiger partial charge in [-0.05, 0) is 78.0 Å². The zero-order valence-electron chi connectivity index (χ0n) is 20.0. The highest BCUT2D eigenvalue weighted by atomic mass is 16.5. The number of pyridine rings is 1. The number of hydrogen-bond acceptors (Lipinski definition) is 9. The lowest BCUT2D eigenvalue weighted by molar-refractivity contribution is -0.118. The Kier molecular flexibility index (Phi) is 5.53. The van der Waals surface area contributed by atoms with Gasteiger partial charge in [0.05, 0.1) is 23.6 Å². The Morgan fingerprint density at radius 1 is 1.17 bits per heavy atom. The van der Waals surface area contributed by atoms with Crippen molar-refractivity contribution in [1.82, 2.24) is 30.1 Å². The molecule has 5 heterocycles. The third kappa shape index (κ3) is 3.94. The van der Waals surface area contributed by atoms with Crippen molar-refractivity contribution in [2.75, 3.05) is 31.1 Å². The molecule has 36 heavy (non-hydrogen) atoms. The maximum Gasteiger partial charge on any atom is 0.338 e. The summed E-state index contributed by atoms with van der Waals surface area (Å²) in [4.78, 5) is 33.3. The first kappa shape index (κ1) is 22.7. The minimum atomic E-state index is -0.648. The van der Waals surface area contributed by atoms with E-state index < -0.39 is 6.10 Å². The SMILES string of the molecule is Cc1c([C@@H](O)CN2CCC3(CC2)CC(=O)N(c2ccc(-n4cnnn4)cn2)C3)ccc2c1COC2=O. The number of aliphatic hydroxyl groups excluding tert-OH is 1. The summed E-state index contributed by atoms with van der Waals surface area (Å²) in [6.45, 7) is 5.00. The van der Waals surface area contributed by atoms with Crippen LogP contribution in [0.1, 0.15) is 52.4 Å². The third-order valence-electron chi connectivity index (χ3n) is 7.86. The molecule has 0 aliphatic carbocycles. The maximum absolute atomic E-state index is 12.9. The van der Waals surface area contributed by atoms with E-state index in [1.165, 1.54) is 11.0 Å². The molecule has 2 aromatic heterocycles. The predicted octanol–water partition coefficient (Wildman–Crippen LogP) is 1.59. The van der Waals surface area contributed by atoms with E-state index in [-0.39, 0.29) is 23.9 Å². The number of likely N-dealkylation sites (tertiary alicyclic amines) is 1. The van der Waals surface area contributed by atoms with Gasteiger partial charge in [-0.15, -0.1) is 5.10 Å². The number of carbonyl (C=O) groups excluding carboxylic acids is 2. The molecule has 0 unspecified atom stereocenters. The van der Waals surface area contributed by atoms with Gasteiger partial charge >= 0.3 is 5.97 Å². The van der Waals surface area contributed by atoms with Crippen molar-refractivity contribution in [3.63, 3.8) is 0 Å². The number of piperidine rings is 1. The average Bonchev–Trinajstić information content (AvgIpc) is 3.62. The Labute approximate surface area is 207 Å². The highest BCUT2D eigenvalue weighted by Gasteiger charge is 2.45. The van der Waals surface area contributed by atoms with Crippen LogP contribution in [0.3, 0.4) is 0 Å². The van der Waals surface area contributed by atoms with Crippen LogP contribution < -0.4 is 4.90 Å². The van der Waals surface area contributed by atoms with Gasteiger partial charge in [-0.2, -0.15) is 4.68 Å². The van der Waals surface area contributed by atoms with Crippen LogP contribution in [-0.2, 0) is 16.1 Å². The fourth-order valence-corrected chi connectivity index (χ4v) is 5.67. The first-order valence-electron chi connectivity index (χ1n) is 12.1. The third-order valence-corrected chi connectivity index (χ3v) is 7.86. The van der Waals surface area contributed by atoms with Gasteiger partial charge in [0.2, 0.25) is 5.91 Å². The lowest BCUT2D eigenvalue weighted by Crippen LogP contribution is -2.43. The minimum absolute atomic E-state index is 0.0735. The fraction of sp³-hybridized carbons (Fsp3) is 0.440. The molecule has 3 aliphatic rings. The number of amides is 1. The van der Waals surface area contributed by atoms with Gasteiger partial charge in [-0.25, -0.2) is 9.78 Å². The van der Waals surface area contributed by atoms with Crippen LogP contribution >= 0.6 is 0 Å². The summed E-state index contributed by atoms with van der Waals surface area (Å²) in [5.74, 6) is 0.437. The molecule has 0 radical (unpaired) electrons. The molecule has 3 aliphatic heterocycles. The van der Waals surface area contributed by atoms with E-state index in [4.69, 9.17) is 4.74 Å². The predicted molar refractivity (Wildman–Crippen MR) is 127 cm³/mol. The zero-order chi connectivity index (χ0) is 24.9. The number of aliphatic hydroxyl groups is 1. The Hall–Kier alpha value is -3.70. The summed E-state index contributed by atoms with van der Waals surface area (Å²) < 4.78 is 6.66. The van der Waals surface area contributed by atoms with Gasteiger partial charge in [-0.3, -0.25) is 9.69 Å². The molecule has 3 aromatic rings. The van der Waals surface area contributed by atoms with Gasteiger partial charge in [0.25, 0.3) is 0 Å². The maximum atomic E-state index is 12.9. The number of β-amino-alcohol motifs (C(OH)–C–C–N with tert-alkyl or cyclic N) is 1. The number of cyclic esters (lactones) is 1. The molecule has 1 amide bonds. The Bertz CT molecular complexity index is 1300. The topological polar surface area (TPSA) is 127 Å². The van der Waals surface area contributed by atoms with E-state index in [2.05, 4.69) is 25.4 Å². The van der Waals surface area contributed by atoms with Gasteiger partial charge in [0.1, 0.15) is 18.8 Å². The summed E-state index contributed by atoms with van der Waals surface area (Å²) in [5.41, 5.74) is 3.89. The van der Waals surface area contributed by atoms with E-state index in [0.29, 0.717) is 30.9 Å². The van der Waals surface area contributed by atoms with Crippen molar-refractivity contribution in [1.29, 1.82) is 0 Å². The van der Waals surface area contributed by atoms with Crippen molar-refractivity contribution in [3.05, 3.63) is 59.0 Å². The zero-order valence-corrected chi connectivity index (χ0v) is 20.0. The lowest BCUT2D eigenvalue weighted by Gasteiger charge is -2.39. The number of esters is 1. The number of hydrogen-bond donors (Lipinski definition) is 1. The van der Waals surface area contributed by atoms with E-state index in [1.807, 2.05) is 25.1 Å². The first-order chi connectivity index (χ1) is 17.4. The summed E-state index contributed by atoms with van der Waals surface area (Å²) in [6.07, 6.45) is 4.80. The van der Waals surface area contributed by atoms with Crippen LogP contribution in [0.2, 0.25) is 0 Å². The van der Waals surface area contributed by atoms with E-state index in [9.17, 15) is 14.7 Å². The van der Waals surface area contributed by atoms with Gasteiger partial charge < -0.3 is 14.7 Å². The average molecular weight is 490 g/mol. The Morgan fingerprint density at radius 2 is 2.00 bits per heavy atom. The minimum Gasteiger partial charge on any atom is -0.457 e. The summed E-state index contributed by atoms with van der Waals surface area (Å²) in [6, 6.07) is 7.27. The number of ether oxygens (including phenoxy) is 1. The first-order valence-corrected chi connectivity index (χ1v) is 12.1. The lowest BCUT2D eigenvalue weighted by atomic mass is 9.77. The Balaban J connectivity index is 1.08. The van der Waals surface area contributed by atoms with Gasteiger partial charge in [0, 0.05) is 25.1 Å². The molecule has 2 fully saturated rings. The van der Waals surface area contributed by atoms with E-state index >= 15 is 0 Å². The van der Waals surface area contributed by atoms with Crippen molar-refractivity contribution >= 4 is 17.7 Å². The highest BCUT2D eigenvalue weighted by molar-refractivity contribution is 5.95. The molecule has 1 spiro atoms. The quantitative estimate of drug-likeness (QED) is 0.532. The van der Waals surface area contributed by atoms with Crippen LogP contribution in [0, 0.1) is 12.3 Å². The van der Waals surface area contributed by atoms with Crippen LogP contribution in [0.4, 0.5) is 5.82 Å². The molecule has 1 aromatic carbocycles. The van der Waals surface area contributed by atoms with Gasteiger partial charge in [-0.1, -0.05) is 6.07 Å². The number of anilines is 1. The number of rotatable bonds is 5. The van der Waals surface area contributed by atoms with Crippen LogP contribution in [0.5, 0.6) is 0 Å². The van der Waals surface area contributed by atoms with E-state index in [0.717, 1.165) is 48.3 Å². The monoisotopic (exact) mass is 489 g/mol. The van der Waals surface area contributed by atoms with Crippen LogP contribution in [0.25, 0.3) is 5.69 Å². The molecule has 1 N–H and O–H groups in total. The summed E-state index contributed by atoms with van der Waals surface area (Å²) in [5, 5.41) is 22.1. The molecular formula is C25H27N7O4. The molecular weight excluding hydrogens is 462 g/mol. The molecule has 2 saturated heterocycles. The summed E-state index contributed by atoms with van der Waals surface area (Å²) >= 11 is 0. The normalized spacial score (nSPS) is 20.1. The number of carbonyl (C=O) groups is 2. The number of tetrazole rings is 1. The largest absolute Gasteiger partial charge is 0.457 e. The highest BCUT2D eigenvalue weighted by Crippen LogP contribution is 2.42. The van der Waals surface area contributed by atoms with Crippen LogP contribution in [-0.4, -0.2) is 73.3 Å². The van der Waals surface area contributed by atoms with E-state index in [1.54, 1.807) is 17.2 Å². The molecule has 186 valence electrons. The number of nitrogens with zero attached hydrogens (tertiary/aromatic N) is 7. The van der Waals surface area contributed by atoms with Crippen molar-refractivity contribution in [2.24, 2.45) is 5.41 Å². The molecule has 11 heteroatoms. The van der Waals surface area contributed by atoms with Crippen LogP contribution in [0.15, 0.2) is 36.8 Å². The number of fused-ring (bicyclic) bond motifs is 1. The summed E-state index contributed by atoms with van der Waals surface area (Å²) in [7, 11) is 0. The molecule has 11 nitrogen and oxygen atoms in total.